The second-order valence-electron chi connectivity index (χ2n) is 4.91. The number of piperidine rings is 1. The summed E-state index contributed by atoms with van der Waals surface area (Å²) in [5.41, 5.74) is 0. The van der Waals surface area contributed by atoms with Gasteiger partial charge in [-0.15, -0.1) is 0 Å². The van der Waals surface area contributed by atoms with Gasteiger partial charge < -0.3 is 10.2 Å². The highest BCUT2D eigenvalue weighted by atomic mass is 16.2. The Kier molecular flexibility index (Phi) is 3.43. The molecule has 0 aliphatic carbocycles. The molecule has 0 aromatic carbocycles. The first kappa shape index (κ1) is 11.4. The van der Waals surface area contributed by atoms with E-state index in [-0.39, 0.29) is 11.9 Å². The van der Waals surface area contributed by atoms with Gasteiger partial charge in [0.25, 0.3) is 5.91 Å². The van der Waals surface area contributed by atoms with Gasteiger partial charge in [-0.25, -0.2) is 4.79 Å². The van der Waals surface area contributed by atoms with Crippen molar-refractivity contribution in [2.45, 2.75) is 19.8 Å². The number of nitrogens with zero attached hydrogens (tertiary/aromatic N) is 1. The average molecular weight is 226 g/mol. The van der Waals surface area contributed by atoms with Gasteiger partial charge in [0.1, 0.15) is 0 Å². The van der Waals surface area contributed by atoms with Gasteiger partial charge in [-0.3, -0.25) is 9.69 Å². The van der Waals surface area contributed by atoms with Gasteiger partial charge in [0.15, 0.2) is 6.54 Å². The highest BCUT2D eigenvalue weighted by Crippen LogP contribution is 2.05. The summed E-state index contributed by atoms with van der Waals surface area (Å²) in [4.78, 5) is 25.8. The van der Waals surface area contributed by atoms with Crippen LogP contribution in [0.4, 0.5) is 4.79 Å². The van der Waals surface area contributed by atoms with Crippen LogP contribution in [0.5, 0.6) is 0 Å². The summed E-state index contributed by atoms with van der Waals surface area (Å²) >= 11 is 0. The Morgan fingerprint density at radius 3 is 3.06 bits per heavy atom. The second kappa shape index (κ2) is 4.82. The van der Waals surface area contributed by atoms with Gasteiger partial charge in [-0.2, -0.15) is 0 Å². The van der Waals surface area contributed by atoms with E-state index in [0.29, 0.717) is 25.6 Å². The number of likely N-dealkylation sites (tertiary alicyclic amines) is 1. The number of rotatable bonds is 2. The minimum absolute atomic E-state index is 0.0286. The molecular weight excluding hydrogens is 206 g/mol. The van der Waals surface area contributed by atoms with Crippen LogP contribution in [0.2, 0.25) is 0 Å². The van der Waals surface area contributed by atoms with Crippen molar-refractivity contribution in [3.05, 3.63) is 0 Å². The van der Waals surface area contributed by atoms with E-state index in [2.05, 4.69) is 12.2 Å². The van der Waals surface area contributed by atoms with E-state index < -0.39 is 0 Å². The number of hydrogen-bond donors (Lipinski definition) is 2. The van der Waals surface area contributed by atoms with Crippen LogP contribution in [-0.4, -0.2) is 49.6 Å². The molecule has 16 heavy (non-hydrogen) atoms. The molecule has 1 unspecified atom stereocenters. The smallest absolute Gasteiger partial charge is 0.324 e. The zero-order valence-electron chi connectivity index (χ0n) is 9.79. The average Bonchev–Trinajstić information content (AvgIpc) is 2.64. The monoisotopic (exact) mass is 226 g/mol. The molecule has 5 nitrogen and oxygen atoms in total. The van der Waals surface area contributed by atoms with Crippen molar-refractivity contribution < 1.29 is 14.5 Å². The van der Waals surface area contributed by atoms with Crippen molar-refractivity contribution in [1.82, 2.24) is 10.2 Å². The van der Waals surface area contributed by atoms with Crippen LogP contribution in [-0.2, 0) is 4.79 Å². The lowest BCUT2D eigenvalue weighted by Gasteiger charge is -2.28. The fourth-order valence-corrected chi connectivity index (χ4v) is 2.58. The van der Waals surface area contributed by atoms with Crippen LogP contribution in [0.1, 0.15) is 19.8 Å². The Morgan fingerprint density at radius 1 is 1.62 bits per heavy atom. The van der Waals surface area contributed by atoms with Gasteiger partial charge in [0.2, 0.25) is 0 Å². The van der Waals surface area contributed by atoms with Gasteiger partial charge in [0, 0.05) is 19.0 Å². The molecule has 3 amide bonds. The van der Waals surface area contributed by atoms with Crippen molar-refractivity contribution in [3.8, 4) is 0 Å². The largest absolute Gasteiger partial charge is 0.336 e. The Labute approximate surface area is 95.8 Å². The summed E-state index contributed by atoms with van der Waals surface area (Å²) in [5.74, 6) is 0.669. The molecule has 0 aromatic rings. The molecule has 2 heterocycles. The van der Waals surface area contributed by atoms with Crippen LogP contribution < -0.4 is 10.2 Å². The van der Waals surface area contributed by atoms with Crippen LogP contribution in [0.15, 0.2) is 0 Å². The normalized spacial score (nSPS) is 30.3. The number of carbonyl (C=O) groups is 2. The highest BCUT2D eigenvalue weighted by molar-refractivity contribution is 5.96. The number of urea groups is 1. The molecule has 5 heteroatoms. The summed E-state index contributed by atoms with van der Waals surface area (Å²) in [5, 5.41) is 2.65. The lowest BCUT2D eigenvalue weighted by Crippen LogP contribution is -3.14. The molecule has 0 saturated carbocycles. The number of hydrogen-bond acceptors (Lipinski definition) is 2. The van der Waals surface area contributed by atoms with E-state index in [1.807, 2.05) is 0 Å². The van der Waals surface area contributed by atoms with Crippen LogP contribution >= 0.6 is 0 Å². The van der Waals surface area contributed by atoms with Crippen molar-refractivity contribution in [2.75, 3.05) is 32.7 Å². The maximum Gasteiger partial charge on any atom is 0.324 e. The standard InChI is InChI=1S/C11H19N3O2/c1-9-3-2-5-13(7-9)8-10(15)14-6-4-12-11(14)16/h9H,2-8H2,1H3,(H,12,16)/p+1/t9-/m0/s1. The SMILES string of the molecule is C[C@H]1CCC[NH+](CC(=O)N2CCNC2=O)C1. The van der Waals surface area contributed by atoms with E-state index in [1.165, 1.54) is 22.6 Å². The first-order valence-electron chi connectivity index (χ1n) is 6.08. The molecule has 2 N–H and O–H groups in total. The zero-order valence-corrected chi connectivity index (χ0v) is 9.79. The quantitative estimate of drug-likeness (QED) is 0.625. The summed E-state index contributed by atoms with van der Waals surface area (Å²) in [7, 11) is 0. The van der Waals surface area contributed by atoms with Gasteiger partial charge in [0.05, 0.1) is 13.1 Å². The lowest BCUT2D eigenvalue weighted by molar-refractivity contribution is -0.900. The molecule has 0 spiro atoms. The molecule has 0 aromatic heterocycles. The zero-order chi connectivity index (χ0) is 11.5. The Morgan fingerprint density at radius 2 is 2.44 bits per heavy atom. The fraction of sp³-hybridized carbons (Fsp3) is 0.818. The maximum absolute atomic E-state index is 11.9. The molecular formula is C11H20N3O2+. The molecule has 90 valence electrons. The first-order chi connectivity index (χ1) is 7.66. The molecule has 2 fully saturated rings. The van der Waals surface area contributed by atoms with Crippen molar-refractivity contribution >= 4 is 11.9 Å². The third-order valence-electron chi connectivity index (χ3n) is 3.42. The van der Waals surface area contributed by atoms with Gasteiger partial charge in [-0.05, 0) is 12.8 Å². The number of imide groups is 1. The summed E-state index contributed by atoms with van der Waals surface area (Å²) in [6.45, 7) is 5.94. The van der Waals surface area contributed by atoms with Crippen molar-refractivity contribution in [1.29, 1.82) is 0 Å². The van der Waals surface area contributed by atoms with E-state index in [1.54, 1.807) is 0 Å². The van der Waals surface area contributed by atoms with E-state index in [4.69, 9.17) is 0 Å². The summed E-state index contributed by atoms with van der Waals surface area (Å²) < 4.78 is 0. The van der Waals surface area contributed by atoms with E-state index >= 15 is 0 Å². The van der Waals surface area contributed by atoms with Crippen LogP contribution in [0, 0.1) is 5.92 Å². The highest BCUT2D eigenvalue weighted by Gasteiger charge is 2.30. The number of quaternary nitrogens is 1. The minimum Gasteiger partial charge on any atom is -0.336 e. The van der Waals surface area contributed by atoms with E-state index in [9.17, 15) is 9.59 Å². The third kappa shape index (κ3) is 2.52. The van der Waals surface area contributed by atoms with Gasteiger partial charge in [-0.1, -0.05) is 6.92 Å². The predicted octanol–water partition coefficient (Wildman–Crippen LogP) is -1.15. The number of carbonyl (C=O) groups excluding carboxylic acids is 2. The fourth-order valence-electron chi connectivity index (χ4n) is 2.58. The van der Waals surface area contributed by atoms with Crippen LogP contribution in [0.3, 0.4) is 0 Å². The Balaban J connectivity index is 1.84. The molecule has 2 atom stereocenters. The van der Waals surface area contributed by atoms with Crippen molar-refractivity contribution in [2.24, 2.45) is 5.92 Å². The number of nitrogens with one attached hydrogen (secondary N) is 2. The number of amides is 3. The molecule has 2 rings (SSSR count). The first-order valence-corrected chi connectivity index (χ1v) is 6.08. The minimum atomic E-state index is -0.227. The maximum atomic E-state index is 11.9. The second-order valence-corrected chi connectivity index (χ2v) is 4.91. The molecule has 0 radical (unpaired) electrons. The molecule has 0 bridgehead atoms. The van der Waals surface area contributed by atoms with E-state index in [0.717, 1.165) is 13.1 Å². The Bertz CT molecular complexity index is 293. The topological polar surface area (TPSA) is 53.9 Å². The van der Waals surface area contributed by atoms with Gasteiger partial charge >= 0.3 is 6.03 Å². The summed E-state index contributed by atoms with van der Waals surface area (Å²) in [6.07, 6.45) is 2.46. The summed E-state index contributed by atoms with van der Waals surface area (Å²) in [6, 6.07) is -0.227. The molecule has 2 aliphatic heterocycles. The molecule has 2 aliphatic rings. The Hall–Kier alpha value is -1.10. The lowest BCUT2D eigenvalue weighted by atomic mass is 10.0. The molecule has 2 saturated heterocycles. The third-order valence-corrected chi connectivity index (χ3v) is 3.42. The predicted molar refractivity (Wildman–Crippen MR) is 59.1 cm³/mol. The van der Waals surface area contributed by atoms with Crippen LogP contribution in [0.25, 0.3) is 0 Å². The van der Waals surface area contributed by atoms with Crippen molar-refractivity contribution in [3.63, 3.8) is 0 Å².